The van der Waals surface area contributed by atoms with Gasteiger partial charge in [-0.1, -0.05) is 78.1 Å². The molecule has 3 amide bonds. The number of methoxy groups -OCH3 is 2. The summed E-state index contributed by atoms with van der Waals surface area (Å²) in [6, 6.07) is 0. The van der Waals surface area contributed by atoms with Gasteiger partial charge in [-0.2, -0.15) is 0 Å². The van der Waals surface area contributed by atoms with Gasteiger partial charge in [0.25, 0.3) is 5.91 Å². The van der Waals surface area contributed by atoms with Crippen LogP contribution in [0.2, 0.25) is 0 Å². The zero-order valence-corrected chi connectivity index (χ0v) is 23.2. The number of rotatable bonds is 16. The molecule has 0 aromatic carbocycles. The molecule has 0 rings (SSSR count). The van der Waals surface area contributed by atoms with Crippen LogP contribution in [0.3, 0.4) is 0 Å². The Hall–Kier alpha value is -1.91. The van der Waals surface area contributed by atoms with Gasteiger partial charge in [-0.25, -0.2) is 15.1 Å². The molecule has 10 nitrogen and oxygen atoms in total. The molecular weight excluding hydrogens is 480 g/mol. The van der Waals surface area contributed by atoms with Crippen molar-refractivity contribution in [3.8, 4) is 0 Å². The van der Waals surface area contributed by atoms with Crippen LogP contribution in [0.1, 0.15) is 104 Å². The van der Waals surface area contributed by atoms with Crippen LogP contribution in [0, 0.1) is 0 Å². The van der Waals surface area contributed by atoms with Crippen molar-refractivity contribution in [3.63, 3.8) is 0 Å². The number of halogens is 1. The van der Waals surface area contributed by atoms with E-state index in [1.54, 1.807) is 0 Å². The summed E-state index contributed by atoms with van der Waals surface area (Å²) in [4.78, 5) is 52.1. The lowest BCUT2D eigenvalue weighted by atomic mass is 10.1. The van der Waals surface area contributed by atoms with Gasteiger partial charge in [-0.05, 0) is 12.8 Å². The Morgan fingerprint density at radius 1 is 0.686 bits per heavy atom. The number of nitrogens with zero attached hydrogens (tertiary/aromatic N) is 1. The number of unbranched alkanes of at least 4 members (excludes halogenated alkanes) is 10. The highest BCUT2D eigenvalue weighted by Gasteiger charge is 2.21. The number of hydrogen-bond donors (Lipinski definition) is 1. The summed E-state index contributed by atoms with van der Waals surface area (Å²) < 4.78 is 8.30. The second kappa shape index (κ2) is 30.1. The average Bonchev–Trinajstić information content (AvgIpc) is 2.84. The zero-order valence-electron chi connectivity index (χ0n) is 22.5. The summed E-state index contributed by atoms with van der Waals surface area (Å²) in [5, 5.41) is 0.659. The van der Waals surface area contributed by atoms with Crippen LogP contribution < -0.4 is 5.48 Å². The van der Waals surface area contributed by atoms with Gasteiger partial charge in [0.2, 0.25) is 5.91 Å². The normalized spacial score (nSPS) is 9.57. The molecule has 0 saturated heterocycles. The van der Waals surface area contributed by atoms with E-state index >= 15 is 0 Å². The van der Waals surface area contributed by atoms with Crippen LogP contribution in [0.25, 0.3) is 0 Å². The Morgan fingerprint density at radius 3 is 1.49 bits per heavy atom. The summed E-state index contributed by atoms with van der Waals surface area (Å²) in [5.74, 6) is -0.368. The SMILES string of the molecule is CCCCCCCCC(=O)N(OC)C(=O)OC.CCCCCCCCC(=O)NOC.COC(=O)Cl. The van der Waals surface area contributed by atoms with E-state index < -0.39 is 11.5 Å². The fourth-order valence-electron chi connectivity index (χ4n) is 2.75. The molecule has 0 bridgehead atoms. The molecular formula is C24H47ClN2O8. The van der Waals surface area contributed by atoms with Gasteiger partial charge in [-0.15, -0.1) is 5.06 Å². The van der Waals surface area contributed by atoms with Crippen LogP contribution >= 0.6 is 11.6 Å². The van der Waals surface area contributed by atoms with Crippen LogP contribution in [0.4, 0.5) is 9.59 Å². The molecule has 208 valence electrons. The lowest BCUT2D eigenvalue weighted by Crippen LogP contribution is -2.35. The van der Waals surface area contributed by atoms with Crippen molar-refractivity contribution in [2.45, 2.75) is 104 Å². The van der Waals surface area contributed by atoms with Crippen molar-refractivity contribution < 1.29 is 38.3 Å². The van der Waals surface area contributed by atoms with Crippen molar-refractivity contribution in [2.75, 3.05) is 28.4 Å². The first kappa shape index (κ1) is 37.6. The monoisotopic (exact) mass is 526 g/mol. The van der Waals surface area contributed by atoms with Crippen molar-refractivity contribution in [1.29, 1.82) is 0 Å². The smallest absolute Gasteiger partial charge is 0.441 e. The first-order chi connectivity index (χ1) is 16.7. The minimum atomic E-state index is -0.775. The van der Waals surface area contributed by atoms with Crippen molar-refractivity contribution in [1.82, 2.24) is 10.5 Å². The summed E-state index contributed by atoms with van der Waals surface area (Å²) in [7, 11) is 5.16. The molecule has 0 heterocycles. The summed E-state index contributed by atoms with van der Waals surface area (Å²) >= 11 is 4.60. The Morgan fingerprint density at radius 2 is 1.11 bits per heavy atom. The predicted molar refractivity (Wildman–Crippen MR) is 136 cm³/mol. The Kier molecular flexibility index (Phi) is 32.4. The van der Waals surface area contributed by atoms with Crippen molar-refractivity contribution >= 4 is 34.9 Å². The van der Waals surface area contributed by atoms with E-state index in [4.69, 9.17) is 0 Å². The third-order valence-corrected chi connectivity index (χ3v) is 4.78. The minimum absolute atomic E-state index is 0.0157. The van der Waals surface area contributed by atoms with Crippen molar-refractivity contribution in [2.24, 2.45) is 0 Å². The van der Waals surface area contributed by atoms with E-state index in [0.717, 1.165) is 32.1 Å². The van der Waals surface area contributed by atoms with Gasteiger partial charge >= 0.3 is 11.5 Å². The molecule has 0 aliphatic rings. The Balaban J connectivity index is -0.000000502. The third kappa shape index (κ3) is 30.1. The fourth-order valence-corrected chi connectivity index (χ4v) is 2.75. The van der Waals surface area contributed by atoms with E-state index in [9.17, 15) is 19.2 Å². The van der Waals surface area contributed by atoms with Gasteiger partial charge in [0.05, 0.1) is 28.4 Å². The second-order valence-electron chi connectivity index (χ2n) is 7.55. The molecule has 0 unspecified atom stereocenters. The molecule has 35 heavy (non-hydrogen) atoms. The maximum Gasteiger partial charge on any atom is 0.441 e. The summed E-state index contributed by atoms with van der Waals surface area (Å²) in [5.41, 5.74) is 1.54. The molecule has 0 spiro atoms. The molecule has 0 atom stereocenters. The molecule has 0 aromatic rings. The van der Waals surface area contributed by atoms with Gasteiger partial charge in [0.15, 0.2) is 0 Å². The summed E-state index contributed by atoms with van der Waals surface area (Å²) in [6.45, 7) is 4.36. The zero-order chi connectivity index (χ0) is 27.3. The molecule has 0 saturated carbocycles. The van der Waals surface area contributed by atoms with E-state index in [-0.39, 0.29) is 11.8 Å². The lowest BCUT2D eigenvalue weighted by molar-refractivity contribution is -0.165. The van der Waals surface area contributed by atoms with Crippen LogP contribution in [0.5, 0.6) is 0 Å². The number of hydrogen-bond acceptors (Lipinski definition) is 8. The molecule has 11 heteroatoms. The van der Waals surface area contributed by atoms with Crippen LogP contribution in [-0.2, 0) is 28.7 Å². The molecule has 1 N–H and O–H groups in total. The van der Waals surface area contributed by atoms with E-state index in [1.807, 2.05) is 0 Å². The first-order valence-corrected chi connectivity index (χ1v) is 12.6. The third-order valence-electron chi connectivity index (χ3n) is 4.63. The molecule has 0 radical (unpaired) electrons. The number of carbonyl (C=O) groups is 4. The van der Waals surface area contributed by atoms with E-state index in [2.05, 4.69) is 50.1 Å². The number of carbonyl (C=O) groups excluding carboxylic acids is 4. The quantitative estimate of drug-likeness (QED) is 0.141. The highest BCUT2D eigenvalue weighted by molar-refractivity contribution is 6.61. The Labute approximate surface area is 216 Å². The van der Waals surface area contributed by atoms with Gasteiger partial charge in [0.1, 0.15) is 0 Å². The van der Waals surface area contributed by atoms with Gasteiger partial charge in [-0.3, -0.25) is 19.3 Å². The number of ether oxygens (including phenoxy) is 2. The second-order valence-corrected chi connectivity index (χ2v) is 7.86. The maximum atomic E-state index is 11.6. The minimum Gasteiger partial charge on any atom is -0.457 e. The topological polar surface area (TPSA) is 120 Å². The highest BCUT2D eigenvalue weighted by Crippen LogP contribution is 2.09. The molecule has 0 aliphatic carbocycles. The maximum absolute atomic E-state index is 11.6. The van der Waals surface area contributed by atoms with Crippen molar-refractivity contribution in [3.05, 3.63) is 0 Å². The van der Waals surface area contributed by atoms with E-state index in [0.29, 0.717) is 17.9 Å². The molecule has 0 aromatic heterocycles. The lowest BCUT2D eigenvalue weighted by Gasteiger charge is -2.15. The standard InChI is InChI=1S/C12H23NO4.C10H21NO2.C2H3ClO2/c1-4-5-6-7-8-9-10-11(14)13(17-3)12(15)16-2;1-3-4-5-6-7-8-9-10(12)11-13-2;1-5-2(3)4/h4-10H2,1-3H3;3-9H2,1-2H3,(H,11,12);1H3. The van der Waals surface area contributed by atoms with Gasteiger partial charge in [0, 0.05) is 24.4 Å². The molecule has 0 aliphatic heterocycles. The number of amides is 3. The number of nitrogens with one attached hydrogen (secondary N) is 1. The number of imide groups is 1. The highest BCUT2D eigenvalue weighted by atomic mass is 35.5. The largest absolute Gasteiger partial charge is 0.457 e. The predicted octanol–water partition coefficient (Wildman–Crippen LogP) is 6.30. The fraction of sp³-hybridized carbons (Fsp3) is 0.833. The van der Waals surface area contributed by atoms with Gasteiger partial charge < -0.3 is 9.47 Å². The van der Waals surface area contributed by atoms with Crippen LogP contribution in [0.15, 0.2) is 0 Å². The Bertz CT molecular complexity index is 536. The average molecular weight is 527 g/mol. The molecule has 0 fully saturated rings. The van der Waals surface area contributed by atoms with Crippen LogP contribution in [-0.4, -0.2) is 56.8 Å². The first-order valence-electron chi connectivity index (χ1n) is 12.3. The van der Waals surface area contributed by atoms with E-state index in [1.165, 1.54) is 73.4 Å². The summed E-state index contributed by atoms with van der Waals surface area (Å²) in [6.07, 6.45) is 13.9. The number of hydroxylamine groups is 3.